The first-order valence-electron chi connectivity index (χ1n) is 3.21. The molecule has 0 aliphatic heterocycles. The highest BCUT2D eigenvalue weighted by atomic mass is 127. The second-order valence-corrected chi connectivity index (χ2v) is 3.59. The highest BCUT2D eigenvalue weighted by Crippen LogP contribution is 2.11. The van der Waals surface area contributed by atoms with E-state index >= 15 is 0 Å². The predicted molar refractivity (Wildman–Crippen MR) is 59.0 cm³/mol. The van der Waals surface area contributed by atoms with Crippen molar-refractivity contribution in [2.75, 3.05) is 0 Å². The number of hydrogen-bond acceptors (Lipinski definition) is 1. The Morgan fingerprint density at radius 2 is 1.73 bits per heavy atom. The van der Waals surface area contributed by atoms with E-state index in [0.29, 0.717) is 0 Å². The van der Waals surface area contributed by atoms with Crippen LogP contribution in [-0.4, -0.2) is 0 Å². The van der Waals surface area contributed by atoms with Crippen molar-refractivity contribution in [1.82, 2.24) is 0 Å². The van der Waals surface area contributed by atoms with Crippen LogP contribution in [0, 0.1) is 3.57 Å². The zero-order chi connectivity index (χ0) is 7.56. The van der Waals surface area contributed by atoms with Gasteiger partial charge in [0.2, 0.25) is 0 Å². The second kappa shape index (κ2) is 4.95. The number of benzene rings is 1. The molecule has 0 saturated carbocycles. The summed E-state index contributed by atoms with van der Waals surface area (Å²) in [6.07, 6.45) is 0. The van der Waals surface area contributed by atoms with Crippen molar-refractivity contribution in [2.24, 2.45) is 5.73 Å². The molecule has 62 valence electrons. The maximum atomic E-state index is 5.66. The smallest absolute Gasteiger partial charge is 0.0266 e. The lowest BCUT2D eigenvalue weighted by Gasteiger charge is -2.03. The minimum Gasteiger partial charge on any atom is -0.324 e. The molecule has 1 aromatic rings. The largest absolute Gasteiger partial charge is 0.324 e. The van der Waals surface area contributed by atoms with Gasteiger partial charge in [0.15, 0.2) is 0 Å². The Morgan fingerprint density at radius 1 is 1.27 bits per heavy atom. The van der Waals surface area contributed by atoms with Gasteiger partial charge < -0.3 is 5.73 Å². The minimum atomic E-state index is 0. The molecule has 0 bridgehead atoms. The van der Waals surface area contributed by atoms with Gasteiger partial charge in [-0.1, -0.05) is 12.1 Å². The quantitative estimate of drug-likeness (QED) is 0.788. The first kappa shape index (κ1) is 11.2. The van der Waals surface area contributed by atoms with Crippen molar-refractivity contribution < 1.29 is 0 Å². The van der Waals surface area contributed by atoms with Crippen molar-refractivity contribution >= 4 is 35.0 Å². The Balaban J connectivity index is 0.000001000. The summed E-state index contributed by atoms with van der Waals surface area (Å²) in [5.74, 6) is 0. The Hall–Kier alpha value is 0.200. The van der Waals surface area contributed by atoms with Gasteiger partial charge in [-0.3, -0.25) is 0 Å². The third kappa shape index (κ3) is 3.40. The summed E-state index contributed by atoms with van der Waals surface area (Å²) in [6, 6.07) is 8.41. The van der Waals surface area contributed by atoms with E-state index < -0.39 is 0 Å². The van der Waals surface area contributed by atoms with Crippen molar-refractivity contribution in [3.05, 3.63) is 33.4 Å². The maximum absolute atomic E-state index is 5.66. The second-order valence-electron chi connectivity index (χ2n) is 2.34. The van der Waals surface area contributed by atoms with Crippen molar-refractivity contribution in [3.8, 4) is 0 Å². The zero-order valence-corrected chi connectivity index (χ0v) is 9.22. The zero-order valence-electron chi connectivity index (χ0n) is 6.25. The first-order valence-corrected chi connectivity index (χ1v) is 4.29. The summed E-state index contributed by atoms with van der Waals surface area (Å²) in [4.78, 5) is 0. The van der Waals surface area contributed by atoms with Crippen LogP contribution in [0.1, 0.15) is 18.5 Å². The summed E-state index contributed by atoms with van der Waals surface area (Å²) in [5, 5.41) is 0. The number of rotatable bonds is 1. The van der Waals surface area contributed by atoms with Gasteiger partial charge >= 0.3 is 0 Å². The van der Waals surface area contributed by atoms with Crippen LogP contribution in [0.3, 0.4) is 0 Å². The Labute approximate surface area is 86.9 Å². The van der Waals surface area contributed by atoms with Gasteiger partial charge in [-0.15, -0.1) is 12.4 Å². The van der Waals surface area contributed by atoms with Crippen LogP contribution >= 0.6 is 35.0 Å². The van der Waals surface area contributed by atoms with E-state index in [4.69, 9.17) is 5.73 Å². The fourth-order valence-corrected chi connectivity index (χ4v) is 1.13. The summed E-state index contributed by atoms with van der Waals surface area (Å²) in [6.45, 7) is 1.99. The van der Waals surface area contributed by atoms with Gasteiger partial charge in [-0.25, -0.2) is 0 Å². The Bertz CT molecular complexity index is 208. The topological polar surface area (TPSA) is 26.0 Å². The monoisotopic (exact) mass is 283 g/mol. The third-order valence-corrected chi connectivity index (χ3v) is 2.11. The summed E-state index contributed by atoms with van der Waals surface area (Å²) >= 11 is 2.28. The van der Waals surface area contributed by atoms with Crippen molar-refractivity contribution in [1.29, 1.82) is 0 Å². The normalized spacial score (nSPS) is 11.9. The molecule has 1 rings (SSSR count). The standard InChI is InChI=1S/C8H10IN.ClH/c1-6(10)7-2-4-8(9)5-3-7;/h2-6H,10H2,1H3;1H/t6-;/m1./s1. The molecule has 0 heterocycles. The van der Waals surface area contributed by atoms with E-state index in [1.807, 2.05) is 6.92 Å². The fraction of sp³-hybridized carbons (Fsp3) is 0.250. The highest BCUT2D eigenvalue weighted by molar-refractivity contribution is 14.1. The average Bonchev–Trinajstić information content (AvgIpc) is 1.88. The Morgan fingerprint density at radius 3 is 2.09 bits per heavy atom. The molecule has 0 fully saturated rings. The van der Waals surface area contributed by atoms with E-state index in [0.717, 1.165) is 0 Å². The lowest BCUT2D eigenvalue weighted by Crippen LogP contribution is -2.04. The van der Waals surface area contributed by atoms with Gasteiger partial charge in [0.25, 0.3) is 0 Å². The number of halogens is 2. The lowest BCUT2D eigenvalue weighted by atomic mass is 10.1. The Kier molecular flexibility index (Phi) is 5.04. The lowest BCUT2D eigenvalue weighted by molar-refractivity contribution is 0.818. The average molecular weight is 284 g/mol. The molecule has 1 atom stereocenters. The van der Waals surface area contributed by atoms with Gasteiger partial charge in [0.05, 0.1) is 0 Å². The molecule has 1 nitrogen and oxygen atoms in total. The fourth-order valence-electron chi connectivity index (χ4n) is 0.766. The van der Waals surface area contributed by atoms with Crippen LogP contribution in [0.25, 0.3) is 0 Å². The van der Waals surface area contributed by atoms with Gasteiger partial charge in [0.1, 0.15) is 0 Å². The van der Waals surface area contributed by atoms with Crippen LogP contribution < -0.4 is 5.73 Å². The molecule has 0 saturated heterocycles. The molecule has 2 N–H and O–H groups in total. The molecule has 1 aromatic carbocycles. The predicted octanol–water partition coefficient (Wildman–Crippen LogP) is 2.73. The van der Waals surface area contributed by atoms with Crippen molar-refractivity contribution in [3.63, 3.8) is 0 Å². The SMILES string of the molecule is C[C@@H](N)c1ccc(I)cc1.Cl. The molecule has 0 spiro atoms. The third-order valence-electron chi connectivity index (χ3n) is 1.40. The molecule has 3 heteroatoms. The van der Waals surface area contributed by atoms with Gasteiger partial charge in [0, 0.05) is 9.61 Å². The molecule has 0 aromatic heterocycles. The first-order chi connectivity index (χ1) is 4.70. The minimum absolute atomic E-state index is 0. The molecule has 0 unspecified atom stereocenters. The molecular weight excluding hydrogens is 272 g/mol. The van der Waals surface area contributed by atoms with E-state index in [2.05, 4.69) is 46.9 Å². The van der Waals surface area contributed by atoms with E-state index in [9.17, 15) is 0 Å². The van der Waals surface area contributed by atoms with Crippen LogP contribution in [0.2, 0.25) is 0 Å². The summed E-state index contributed by atoms with van der Waals surface area (Å²) in [7, 11) is 0. The molecule has 0 aliphatic rings. The van der Waals surface area contributed by atoms with Crippen LogP contribution in [0.5, 0.6) is 0 Å². The van der Waals surface area contributed by atoms with Gasteiger partial charge in [-0.05, 0) is 47.2 Å². The molecule has 0 radical (unpaired) electrons. The maximum Gasteiger partial charge on any atom is 0.0266 e. The molecule has 0 aliphatic carbocycles. The van der Waals surface area contributed by atoms with E-state index in [1.54, 1.807) is 0 Å². The van der Waals surface area contributed by atoms with E-state index in [1.165, 1.54) is 9.13 Å². The van der Waals surface area contributed by atoms with Crippen LogP contribution in [0.4, 0.5) is 0 Å². The molecule has 0 amide bonds. The summed E-state index contributed by atoms with van der Waals surface area (Å²) in [5.41, 5.74) is 6.86. The highest BCUT2D eigenvalue weighted by Gasteiger charge is 1.96. The number of nitrogens with two attached hydrogens (primary N) is 1. The molecule has 11 heavy (non-hydrogen) atoms. The van der Waals surface area contributed by atoms with Crippen molar-refractivity contribution in [2.45, 2.75) is 13.0 Å². The van der Waals surface area contributed by atoms with Crippen LogP contribution in [0.15, 0.2) is 24.3 Å². The van der Waals surface area contributed by atoms with E-state index in [-0.39, 0.29) is 18.4 Å². The molecular formula is C8H11ClIN. The number of hydrogen-bond donors (Lipinski definition) is 1. The van der Waals surface area contributed by atoms with Gasteiger partial charge in [-0.2, -0.15) is 0 Å². The van der Waals surface area contributed by atoms with Crippen LogP contribution in [-0.2, 0) is 0 Å². The summed E-state index contributed by atoms with van der Waals surface area (Å²) < 4.78 is 1.25.